The van der Waals surface area contributed by atoms with E-state index < -0.39 is 35.6 Å². The Bertz CT molecular complexity index is 1580. The summed E-state index contributed by atoms with van der Waals surface area (Å²) in [5, 5.41) is 2.56. The summed E-state index contributed by atoms with van der Waals surface area (Å²) in [5.74, 6) is -1.46. The van der Waals surface area contributed by atoms with Crippen LogP contribution in [0.1, 0.15) is 15.9 Å². The molecule has 39 heavy (non-hydrogen) atoms. The van der Waals surface area contributed by atoms with Crippen LogP contribution in [0.25, 0.3) is 17.1 Å². The summed E-state index contributed by atoms with van der Waals surface area (Å²) >= 11 is 6.25. The number of pyridine rings is 1. The summed E-state index contributed by atoms with van der Waals surface area (Å²) in [6.45, 7) is -3.07. The maximum Gasteiger partial charge on any atom is 0.420 e. The molecule has 0 spiro atoms. The van der Waals surface area contributed by atoms with E-state index in [9.17, 15) is 31.5 Å². The van der Waals surface area contributed by atoms with Crippen molar-refractivity contribution in [2.45, 2.75) is 12.8 Å². The van der Waals surface area contributed by atoms with Gasteiger partial charge < -0.3 is 14.8 Å². The fourth-order valence-electron chi connectivity index (χ4n) is 3.86. The predicted molar refractivity (Wildman–Crippen MR) is 132 cm³/mol. The Morgan fingerprint density at radius 2 is 1.79 bits per heavy atom. The highest BCUT2D eigenvalue weighted by Gasteiger charge is 2.36. The zero-order valence-corrected chi connectivity index (χ0v) is 20.8. The van der Waals surface area contributed by atoms with Crippen molar-refractivity contribution in [3.8, 4) is 28.6 Å². The number of amides is 1. The highest BCUT2D eigenvalue weighted by molar-refractivity contribution is 6.32. The fraction of sp³-hybridized carbons (Fsp3) is 0.160. The first-order valence-corrected chi connectivity index (χ1v) is 11.3. The lowest BCUT2D eigenvalue weighted by molar-refractivity contribution is -0.137. The van der Waals surface area contributed by atoms with Crippen LogP contribution in [-0.2, 0) is 13.2 Å². The molecular weight excluding hydrogens is 551 g/mol. The Labute approximate surface area is 222 Å². The molecule has 2 aromatic carbocycles. The van der Waals surface area contributed by atoms with Crippen molar-refractivity contribution in [3.63, 3.8) is 0 Å². The summed E-state index contributed by atoms with van der Waals surface area (Å²) in [7, 11) is 2.70. The third-order valence-corrected chi connectivity index (χ3v) is 5.86. The van der Waals surface area contributed by atoms with Crippen LogP contribution in [0.5, 0.6) is 11.5 Å². The van der Waals surface area contributed by atoms with Gasteiger partial charge in [0.15, 0.2) is 5.82 Å². The molecular formula is C25H18ClF5N4O4. The van der Waals surface area contributed by atoms with Crippen molar-refractivity contribution in [2.24, 2.45) is 7.05 Å². The highest BCUT2D eigenvalue weighted by Crippen LogP contribution is 2.36. The number of rotatable bonds is 7. The summed E-state index contributed by atoms with van der Waals surface area (Å²) in [4.78, 5) is 30.4. The minimum atomic E-state index is -4.84. The van der Waals surface area contributed by atoms with Crippen LogP contribution in [0.4, 0.5) is 27.6 Å². The number of benzene rings is 2. The summed E-state index contributed by atoms with van der Waals surface area (Å²) < 4.78 is 77.4. The molecule has 0 unspecified atom stereocenters. The third kappa shape index (κ3) is 5.58. The summed E-state index contributed by atoms with van der Waals surface area (Å²) in [6, 6.07) is 10.8. The molecule has 8 nitrogen and oxygen atoms in total. The van der Waals surface area contributed by atoms with Crippen molar-refractivity contribution in [1.29, 1.82) is 0 Å². The van der Waals surface area contributed by atoms with Gasteiger partial charge in [-0.15, -0.1) is 0 Å². The van der Waals surface area contributed by atoms with Crippen LogP contribution < -0.4 is 20.3 Å². The maximum absolute atomic E-state index is 13.8. The van der Waals surface area contributed by atoms with Crippen LogP contribution in [0.15, 0.2) is 65.6 Å². The van der Waals surface area contributed by atoms with Crippen LogP contribution in [-0.4, -0.2) is 34.0 Å². The Kier molecular flexibility index (Phi) is 7.63. The lowest BCUT2D eigenvalue weighted by atomic mass is 10.1. The minimum absolute atomic E-state index is 0.00864. The van der Waals surface area contributed by atoms with E-state index in [-0.39, 0.29) is 33.3 Å². The number of hydrogen-bond donors (Lipinski definition) is 1. The van der Waals surface area contributed by atoms with Gasteiger partial charge in [0, 0.05) is 24.4 Å². The van der Waals surface area contributed by atoms with E-state index in [4.69, 9.17) is 16.3 Å². The topological polar surface area (TPSA) is 87.4 Å². The second kappa shape index (κ2) is 10.8. The number of methoxy groups -OCH3 is 1. The van der Waals surface area contributed by atoms with Gasteiger partial charge in [-0.3, -0.25) is 14.3 Å². The number of aromatic nitrogens is 3. The van der Waals surface area contributed by atoms with Crippen molar-refractivity contribution < 1.29 is 36.2 Å². The second-order valence-electron chi connectivity index (χ2n) is 7.94. The molecule has 0 fully saturated rings. The molecule has 0 saturated carbocycles. The number of anilines is 1. The highest BCUT2D eigenvalue weighted by atomic mass is 35.5. The predicted octanol–water partition coefficient (Wildman–Crippen LogP) is 5.77. The minimum Gasteiger partial charge on any atom is -0.495 e. The molecule has 0 bridgehead atoms. The number of hydrogen-bond acceptors (Lipinski definition) is 5. The van der Waals surface area contributed by atoms with Crippen molar-refractivity contribution in [3.05, 3.63) is 87.3 Å². The number of nitrogens with one attached hydrogen (secondary N) is 1. The number of ether oxygens (including phenoxy) is 2. The van der Waals surface area contributed by atoms with Gasteiger partial charge in [0.05, 0.1) is 17.8 Å². The van der Waals surface area contributed by atoms with Gasteiger partial charge in [0.1, 0.15) is 22.7 Å². The largest absolute Gasteiger partial charge is 0.495 e. The number of halogens is 6. The zero-order chi connectivity index (χ0) is 28.5. The van der Waals surface area contributed by atoms with E-state index in [0.717, 1.165) is 35.1 Å². The Morgan fingerprint density at radius 1 is 1.10 bits per heavy atom. The van der Waals surface area contributed by atoms with Gasteiger partial charge >= 0.3 is 12.8 Å². The first-order valence-electron chi connectivity index (χ1n) is 11.0. The molecule has 0 aliphatic heterocycles. The van der Waals surface area contributed by atoms with E-state index in [1.165, 1.54) is 44.5 Å². The molecule has 1 amide bonds. The Balaban J connectivity index is 1.88. The van der Waals surface area contributed by atoms with Gasteiger partial charge in [0.25, 0.3) is 11.5 Å². The van der Waals surface area contributed by atoms with Gasteiger partial charge in [-0.05, 0) is 54.6 Å². The standard InChI is InChI=1S/C25H18ClF5N4O4/c1-34-20(14-7-10-18(38-2)17(26)12-14)19(33-22(36)13-5-8-15(9-6-13)39-24(27)28)23(37)35(34)21-16(25(29,30)31)4-3-11-32-21/h3-12,24H,1-2H3,(H,33,36). The number of nitrogens with zero attached hydrogens (tertiary/aromatic N) is 3. The van der Waals surface area contributed by atoms with E-state index in [1.54, 1.807) is 0 Å². The van der Waals surface area contributed by atoms with Gasteiger partial charge in [-0.2, -0.15) is 26.6 Å². The molecule has 2 heterocycles. The quantitative estimate of drug-likeness (QED) is 0.286. The van der Waals surface area contributed by atoms with E-state index >= 15 is 0 Å². The average molecular weight is 569 g/mol. The van der Waals surface area contributed by atoms with Crippen LogP contribution in [0.2, 0.25) is 5.02 Å². The first-order chi connectivity index (χ1) is 18.4. The average Bonchev–Trinajstić information content (AvgIpc) is 3.12. The van der Waals surface area contributed by atoms with Gasteiger partial charge in [0.2, 0.25) is 0 Å². The number of carbonyl (C=O) groups excluding carboxylic acids is 1. The maximum atomic E-state index is 13.8. The smallest absolute Gasteiger partial charge is 0.420 e. The van der Waals surface area contributed by atoms with E-state index in [0.29, 0.717) is 10.4 Å². The third-order valence-electron chi connectivity index (χ3n) is 5.56. The van der Waals surface area contributed by atoms with Crippen molar-refractivity contribution >= 4 is 23.2 Å². The molecule has 4 rings (SSSR count). The van der Waals surface area contributed by atoms with Crippen LogP contribution in [0, 0.1) is 0 Å². The van der Waals surface area contributed by atoms with Crippen LogP contribution >= 0.6 is 11.6 Å². The SMILES string of the molecule is COc1ccc(-c2c(NC(=O)c3ccc(OC(F)F)cc3)c(=O)n(-c3ncccc3C(F)(F)F)n2C)cc1Cl. The Morgan fingerprint density at radius 3 is 2.38 bits per heavy atom. The lowest BCUT2D eigenvalue weighted by Gasteiger charge is -2.15. The molecule has 0 aliphatic rings. The molecule has 2 aromatic heterocycles. The van der Waals surface area contributed by atoms with Gasteiger partial charge in [-0.25, -0.2) is 4.98 Å². The second-order valence-corrected chi connectivity index (χ2v) is 8.35. The molecule has 0 radical (unpaired) electrons. The molecule has 0 atom stereocenters. The van der Waals surface area contributed by atoms with E-state index in [1.807, 2.05) is 0 Å². The monoisotopic (exact) mass is 568 g/mol. The first kappa shape index (κ1) is 27.6. The normalized spacial score (nSPS) is 11.5. The van der Waals surface area contributed by atoms with Gasteiger partial charge in [-0.1, -0.05) is 11.6 Å². The van der Waals surface area contributed by atoms with Crippen molar-refractivity contribution in [2.75, 3.05) is 12.4 Å². The number of alkyl halides is 5. The fourth-order valence-corrected chi connectivity index (χ4v) is 4.12. The molecule has 4 aromatic rings. The van der Waals surface area contributed by atoms with Crippen LogP contribution in [0.3, 0.4) is 0 Å². The van der Waals surface area contributed by atoms with E-state index in [2.05, 4.69) is 15.0 Å². The summed E-state index contributed by atoms with van der Waals surface area (Å²) in [6.07, 6.45) is -3.75. The molecule has 14 heteroatoms. The lowest BCUT2D eigenvalue weighted by Crippen LogP contribution is -2.26. The number of carbonyl (C=O) groups is 1. The van der Waals surface area contributed by atoms with Crippen molar-refractivity contribution in [1.82, 2.24) is 14.3 Å². The Hall–Kier alpha value is -4.39. The molecule has 0 saturated heterocycles. The molecule has 204 valence electrons. The molecule has 0 aliphatic carbocycles. The summed E-state index contributed by atoms with van der Waals surface area (Å²) in [5.41, 5.74) is -2.35. The molecule has 1 N–H and O–H groups in total. The zero-order valence-electron chi connectivity index (χ0n) is 20.1.